The maximum atomic E-state index is 9.33. The van der Waals surface area contributed by atoms with Gasteiger partial charge in [-0.1, -0.05) is 20.3 Å². The Morgan fingerprint density at radius 2 is 2.10 bits per heavy atom. The van der Waals surface area contributed by atoms with Gasteiger partial charge >= 0.3 is 0 Å². The van der Waals surface area contributed by atoms with Gasteiger partial charge < -0.3 is 10.4 Å². The van der Waals surface area contributed by atoms with Crippen LogP contribution in [0.2, 0.25) is 0 Å². The van der Waals surface area contributed by atoms with Gasteiger partial charge in [0.2, 0.25) is 0 Å². The van der Waals surface area contributed by atoms with Gasteiger partial charge in [0.1, 0.15) is 0 Å². The lowest BCUT2D eigenvalue weighted by Crippen LogP contribution is -2.26. The molecule has 0 amide bonds. The van der Waals surface area contributed by atoms with Crippen LogP contribution in [-0.2, 0) is 6.54 Å². The summed E-state index contributed by atoms with van der Waals surface area (Å²) < 4.78 is 2.10. The summed E-state index contributed by atoms with van der Waals surface area (Å²) in [6.07, 6.45) is 8.06. The Bertz CT molecular complexity index is 387. The Labute approximate surface area is 122 Å². The van der Waals surface area contributed by atoms with Crippen molar-refractivity contribution in [3.63, 3.8) is 0 Å². The molecule has 1 aliphatic rings. The summed E-state index contributed by atoms with van der Waals surface area (Å²) >= 11 is 0. The number of hydrogen-bond acceptors (Lipinski definition) is 3. The van der Waals surface area contributed by atoms with Gasteiger partial charge in [0.25, 0.3) is 0 Å². The van der Waals surface area contributed by atoms with E-state index in [1.165, 1.54) is 19.3 Å². The molecule has 2 atom stereocenters. The van der Waals surface area contributed by atoms with Gasteiger partial charge in [-0.2, -0.15) is 5.10 Å². The summed E-state index contributed by atoms with van der Waals surface area (Å²) in [5, 5.41) is 17.5. The molecule has 0 bridgehead atoms. The van der Waals surface area contributed by atoms with Crippen molar-refractivity contribution in [3.8, 4) is 0 Å². The zero-order chi connectivity index (χ0) is 14.4. The second-order valence-electron chi connectivity index (χ2n) is 6.02. The number of aliphatic hydroxyl groups is 1. The third kappa shape index (κ3) is 3.83. The van der Waals surface area contributed by atoms with Crippen LogP contribution in [-0.4, -0.2) is 28.0 Å². The number of nitrogens with zero attached hydrogens (tertiary/aromatic N) is 2. The average Bonchev–Trinajstić information content (AvgIpc) is 3.10. The molecule has 2 rings (SSSR count). The van der Waals surface area contributed by atoms with Crippen LogP contribution in [0.4, 0.5) is 0 Å². The van der Waals surface area contributed by atoms with Crippen molar-refractivity contribution in [2.24, 2.45) is 11.8 Å². The first-order valence-electron chi connectivity index (χ1n) is 8.14. The summed E-state index contributed by atoms with van der Waals surface area (Å²) in [6.45, 7) is 6.60. The van der Waals surface area contributed by atoms with E-state index in [1.54, 1.807) is 0 Å². The van der Waals surface area contributed by atoms with E-state index >= 15 is 0 Å². The monoisotopic (exact) mass is 279 g/mol. The molecule has 1 aliphatic carbocycles. The van der Waals surface area contributed by atoms with Crippen molar-refractivity contribution < 1.29 is 5.11 Å². The Morgan fingerprint density at radius 3 is 2.80 bits per heavy atom. The standard InChI is InChI=1S/C16H29N3O/c1-3-16(4-2)19-9-8-15(18-19)11-17-10-13-6-5-7-14(13)12-20/h8-9,13-14,16-17,20H,3-7,10-12H2,1-2H3. The van der Waals surface area contributed by atoms with Gasteiger partial charge in [0.15, 0.2) is 0 Å². The normalized spacial score (nSPS) is 22.8. The fraction of sp³-hybridized carbons (Fsp3) is 0.812. The van der Waals surface area contributed by atoms with Crippen LogP contribution < -0.4 is 5.32 Å². The van der Waals surface area contributed by atoms with Gasteiger partial charge in [-0.05, 0) is 50.1 Å². The van der Waals surface area contributed by atoms with Crippen LogP contribution >= 0.6 is 0 Å². The molecule has 1 aromatic heterocycles. The molecule has 0 radical (unpaired) electrons. The predicted molar refractivity (Wildman–Crippen MR) is 81.5 cm³/mol. The van der Waals surface area contributed by atoms with Crippen molar-refractivity contribution in [1.29, 1.82) is 0 Å². The van der Waals surface area contributed by atoms with E-state index in [1.807, 2.05) is 0 Å². The highest BCUT2D eigenvalue weighted by molar-refractivity contribution is 4.99. The van der Waals surface area contributed by atoms with Crippen molar-refractivity contribution in [2.75, 3.05) is 13.2 Å². The van der Waals surface area contributed by atoms with Crippen molar-refractivity contribution in [2.45, 2.75) is 58.5 Å². The van der Waals surface area contributed by atoms with E-state index in [-0.39, 0.29) is 0 Å². The van der Waals surface area contributed by atoms with Crippen LogP contribution in [0.3, 0.4) is 0 Å². The highest BCUT2D eigenvalue weighted by atomic mass is 16.3. The lowest BCUT2D eigenvalue weighted by molar-refractivity contribution is 0.192. The first-order valence-corrected chi connectivity index (χ1v) is 8.14. The van der Waals surface area contributed by atoms with Gasteiger partial charge in [-0.3, -0.25) is 4.68 Å². The van der Waals surface area contributed by atoms with Crippen LogP contribution in [0.25, 0.3) is 0 Å². The molecule has 0 aromatic carbocycles. The lowest BCUT2D eigenvalue weighted by Gasteiger charge is -2.17. The summed E-state index contributed by atoms with van der Waals surface area (Å²) in [5.41, 5.74) is 1.12. The summed E-state index contributed by atoms with van der Waals surface area (Å²) in [5.74, 6) is 1.14. The topological polar surface area (TPSA) is 50.1 Å². The fourth-order valence-corrected chi connectivity index (χ4v) is 3.35. The SMILES string of the molecule is CCC(CC)n1ccc(CNCC2CCCC2CO)n1. The number of rotatable bonds is 8. The molecule has 0 aliphatic heterocycles. The summed E-state index contributed by atoms with van der Waals surface area (Å²) in [6, 6.07) is 2.64. The van der Waals surface area contributed by atoms with Gasteiger partial charge in [-0.25, -0.2) is 0 Å². The van der Waals surface area contributed by atoms with Crippen molar-refractivity contribution >= 4 is 0 Å². The minimum atomic E-state index is 0.343. The molecule has 0 spiro atoms. The zero-order valence-corrected chi connectivity index (χ0v) is 12.9. The smallest absolute Gasteiger partial charge is 0.0762 e. The molecular weight excluding hydrogens is 250 g/mol. The molecule has 4 heteroatoms. The Morgan fingerprint density at radius 1 is 1.35 bits per heavy atom. The van der Waals surface area contributed by atoms with E-state index < -0.39 is 0 Å². The first kappa shape index (κ1) is 15.5. The van der Waals surface area contributed by atoms with Crippen LogP contribution in [0.1, 0.15) is 57.7 Å². The Balaban J connectivity index is 1.77. The minimum absolute atomic E-state index is 0.343. The highest BCUT2D eigenvalue weighted by Gasteiger charge is 2.25. The van der Waals surface area contributed by atoms with E-state index in [2.05, 4.69) is 41.2 Å². The summed E-state index contributed by atoms with van der Waals surface area (Å²) in [7, 11) is 0. The lowest BCUT2D eigenvalue weighted by atomic mass is 9.97. The van der Waals surface area contributed by atoms with Gasteiger partial charge in [-0.15, -0.1) is 0 Å². The molecule has 1 heterocycles. The average molecular weight is 279 g/mol. The van der Waals surface area contributed by atoms with Gasteiger partial charge in [0.05, 0.1) is 11.7 Å². The highest BCUT2D eigenvalue weighted by Crippen LogP contribution is 2.30. The molecule has 1 aromatic rings. The van der Waals surface area contributed by atoms with Crippen molar-refractivity contribution in [3.05, 3.63) is 18.0 Å². The third-order valence-electron chi connectivity index (χ3n) is 4.74. The molecule has 114 valence electrons. The number of hydrogen-bond donors (Lipinski definition) is 2. The maximum absolute atomic E-state index is 9.33. The molecule has 2 N–H and O–H groups in total. The summed E-state index contributed by atoms with van der Waals surface area (Å²) in [4.78, 5) is 0. The van der Waals surface area contributed by atoms with Crippen molar-refractivity contribution in [1.82, 2.24) is 15.1 Å². The van der Waals surface area contributed by atoms with Crippen LogP contribution in [0, 0.1) is 11.8 Å². The number of nitrogens with one attached hydrogen (secondary N) is 1. The van der Waals surface area contributed by atoms with E-state index in [4.69, 9.17) is 0 Å². The van der Waals surface area contributed by atoms with Crippen LogP contribution in [0.5, 0.6) is 0 Å². The molecule has 0 saturated heterocycles. The largest absolute Gasteiger partial charge is 0.396 e. The van der Waals surface area contributed by atoms with Gasteiger partial charge in [0, 0.05) is 19.3 Å². The third-order valence-corrected chi connectivity index (χ3v) is 4.74. The Kier molecular flexibility index (Phi) is 6.05. The molecular formula is C16H29N3O. The minimum Gasteiger partial charge on any atom is -0.396 e. The second kappa shape index (κ2) is 7.79. The fourth-order valence-electron chi connectivity index (χ4n) is 3.35. The molecule has 20 heavy (non-hydrogen) atoms. The maximum Gasteiger partial charge on any atom is 0.0762 e. The van der Waals surface area contributed by atoms with Crippen LogP contribution in [0.15, 0.2) is 12.3 Å². The van der Waals surface area contributed by atoms with E-state index in [9.17, 15) is 5.11 Å². The zero-order valence-electron chi connectivity index (χ0n) is 12.9. The van der Waals surface area contributed by atoms with E-state index in [0.29, 0.717) is 24.5 Å². The number of aliphatic hydroxyl groups excluding tert-OH is 1. The quantitative estimate of drug-likeness (QED) is 0.769. The molecule has 1 saturated carbocycles. The Hall–Kier alpha value is -0.870. The van der Waals surface area contributed by atoms with E-state index in [0.717, 1.165) is 31.6 Å². The second-order valence-corrected chi connectivity index (χ2v) is 6.02. The predicted octanol–water partition coefficient (Wildman–Crippen LogP) is 2.74. The molecule has 2 unspecified atom stereocenters. The number of aromatic nitrogens is 2. The molecule has 1 fully saturated rings. The molecule has 4 nitrogen and oxygen atoms in total. The first-order chi connectivity index (χ1) is 9.78.